The maximum atomic E-state index is 9.11. The second-order valence-corrected chi connectivity index (χ2v) is 4.87. The molecule has 0 radical (unpaired) electrons. The van der Waals surface area contributed by atoms with E-state index in [9.17, 15) is 0 Å². The molecule has 2 rings (SSSR count). The van der Waals surface area contributed by atoms with Crippen LogP contribution in [-0.4, -0.2) is 0 Å². The molecule has 0 aromatic heterocycles. The van der Waals surface area contributed by atoms with E-state index in [1.165, 1.54) is 0 Å². The number of nitrogens with zero attached hydrogens (tertiary/aromatic N) is 1. The molecule has 2 aromatic rings. The molecule has 0 aliphatic heterocycles. The fourth-order valence-electron chi connectivity index (χ4n) is 1.45. The van der Waals surface area contributed by atoms with Crippen LogP contribution in [0.25, 0.3) is 0 Å². The molecular formula is C14H10ClNS. The van der Waals surface area contributed by atoms with E-state index >= 15 is 0 Å². The van der Waals surface area contributed by atoms with E-state index in [4.69, 9.17) is 16.9 Å². The first kappa shape index (κ1) is 12.0. The zero-order valence-corrected chi connectivity index (χ0v) is 10.6. The van der Waals surface area contributed by atoms with E-state index in [2.05, 4.69) is 6.07 Å². The molecule has 17 heavy (non-hydrogen) atoms. The quantitative estimate of drug-likeness (QED) is 0.761. The van der Waals surface area contributed by atoms with Crippen LogP contribution in [-0.2, 0) is 5.88 Å². The molecule has 0 amide bonds. The van der Waals surface area contributed by atoms with Gasteiger partial charge in [-0.25, -0.2) is 0 Å². The summed E-state index contributed by atoms with van der Waals surface area (Å²) in [7, 11) is 0. The highest BCUT2D eigenvalue weighted by Crippen LogP contribution is 2.30. The topological polar surface area (TPSA) is 23.8 Å². The molecule has 3 heteroatoms. The van der Waals surface area contributed by atoms with Gasteiger partial charge in [-0.1, -0.05) is 36.0 Å². The summed E-state index contributed by atoms with van der Waals surface area (Å²) in [5, 5.41) is 9.11. The molecule has 0 heterocycles. The van der Waals surface area contributed by atoms with Crippen LogP contribution in [0.2, 0.25) is 0 Å². The maximum Gasteiger partial charge on any atom is 0.100 e. The lowest BCUT2D eigenvalue weighted by Crippen LogP contribution is -1.85. The molecule has 2 aromatic carbocycles. The highest BCUT2D eigenvalue weighted by atomic mass is 35.5. The maximum absolute atomic E-state index is 9.11. The number of alkyl halides is 1. The zero-order chi connectivity index (χ0) is 12.1. The third-order valence-electron chi connectivity index (χ3n) is 2.29. The standard InChI is InChI=1S/C14H10ClNS/c15-9-11-6-7-14(12(8-11)10-16)17-13-4-2-1-3-5-13/h1-8H,9H2. The fourth-order valence-corrected chi connectivity index (χ4v) is 2.52. The number of rotatable bonds is 3. The normalized spacial score (nSPS) is 9.88. The van der Waals surface area contributed by atoms with Gasteiger partial charge in [-0.05, 0) is 29.8 Å². The largest absolute Gasteiger partial charge is 0.192 e. The second kappa shape index (κ2) is 5.77. The summed E-state index contributed by atoms with van der Waals surface area (Å²) < 4.78 is 0. The van der Waals surface area contributed by atoms with Crippen molar-refractivity contribution in [3.05, 3.63) is 59.7 Å². The Morgan fingerprint density at radius 1 is 1.12 bits per heavy atom. The average Bonchev–Trinajstić information content (AvgIpc) is 2.40. The average molecular weight is 260 g/mol. The number of hydrogen-bond acceptors (Lipinski definition) is 2. The van der Waals surface area contributed by atoms with Gasteiger partial charge in [0.05, 0.1) is 5.56 Å². The molecule has 0 saturated carbocycles. The summed E-state index contributed by atoms with van der Waals surface area (Å²) in [5.41, 5.74) is 1.65. The van der Waals surface area contributed by atoms with Crippen molar-refractivity contribution in [2.45, 2.75) is 15.7 Å². The van der Waals surface area contributed by atoms with Crippen molar-refractivity contribution in [1.82, 2.24) is 0 Å². The van der Waals surface area contributed by atoms with E-state index < -0.39 is 0 Å². The van der Waals surface area contributed by atoms with Gasteiger partial charge < -0.3 is 0 Å². The monoisotopic (exact) mass is 259 g/mol. The molecule has 0 N–H and O–H groups in total. The van der Waals surface area contributed by atoms with Gasteiger partial charge in [0.2, 0.25) is 0 Å². The lowest BCUT2D eigenvalue weighted by molar-refractivity contribution is 1.29. The number of benzene rings is 2. The van der Waals surface area contributed by atoms with E-state index in [1.54, 1.807) is 11.8 Å². The van der Waals surface area contributed by atoms with Crippen LogP contribution in [0.5, 0.6) is 0 Å². The predicted octanol–water partition coefficient (Wildman–Crippen LogP) is 4.45. The summed E-state index contributed by atoms with van der Waals surface area (Å²) in [6.45, 7) is 0. The van der Waals surface area contributed by atoms with E-state index in [1.807, 2.05) is 48.5 Å². The van der Waals surface area contributed by atoms with Crippen LogP contribution in [0.15, 0.2) is 58.3 Å². The Kier molecular flexibility index (Phi) is 4.08. The van der Waals surface area contributed by atoms with Gasteiger partial charge in [-0.15, -0.1) is 11.6 Å². The third-order valence-corrected chi connectivity index (χ3v) is 3.68. The van der Waals surface area contributed by atoms with Crippen molar-refractivity contribution in [1.29, 1.82) is 5.26 Å². The zero-order valence-electron chi connectivity index (χ0n) is 9.06. The lowest BCUT2D eigenvalue weighted by Gasteiger charge is -2.05. The van der Waals surface area contributed by atoms with Gasteiger partial charge in [-0.2, -0.15) is 5.26 Å². The Morgan fingerprint density at radius 2 is 1.88 bits per heavy atom. The minimum Gasteiger partial charge on any atom is -0.192 e. The number of nitriles is 1. The van der Waals surface area contributed by atoms with Crippen LogP contribution in [0.1, 0.15) is 11.1 Å². The Balaban J connectivity index is 2.31. The Labute approximate surface area is 110 Å². The van der Waals surface area contributed by atoms with Gasteiger partial charge in [0, 0.05) is 15.7 Å². The SMILES string of the molecule is N#Cc1cc(CCl)ccc1Sc1ccccc1. The summed E-state index contributed by atoms with van der Waals surface area (Å²) in [4.78, 5) is 2.09. The van der Waals surface area contributed by atoms with Crippen LogP contribution >= 0.6 is 23.4 Å². The Hall–Kier alpha value is -1.43. The summed E-state index contributed by atoms with van der Waals surface area (Å²) in [6.07, 6.45) is 0. The highest BCUT2D eigenvalue weighted by Gasteiger charge is 2.05. The molecule has 0 fully saturated rings. The minimum atomic E-state index is 0.435. The van der Waals surface area contributed by atoms with Crippen LogP contribution < -0.4 is 0 Å². The predicted molar refractivity (Wildman–Crippen MR) is 71.3 cm³/mol. The van der Waals surface area contributed by atoms with Gasteiger partial charge in [0.1, 0.15) is 6.07 Å². The van der Waals surface area contributed by atoms with E-state index in [-0.39, 0.29) is 0 Å². The van der Waals surface area contributed by atoms with Gasteiger partial charge in [0.15, 0.2) is 0 Å². The molecule has 0 bridgehead atoms. The first-order valence-corrected chi connectivity index (χ1v) is 6.50. The van der Waals surface area contributed by atoms with E-state index in [0.717, 1.165) is 15.4 Å². The molecule has 0 atom stereocenters. The molecule has 0 saturated heterocycles. The molecule has 1 nitrogen and oxygen atoms in total. The lowest BCUT2D eigenvalue weighted by atomic mass is 10.1. The summed E-state index contributed by atoms with van der Waals surface area (Å²) in [6, 6.07) is 18.0. The van der Waals surface area contributed by atoms with Crippen molar-refractivity contribution >= 4 is 23.4 Å². The van der Waals surface area contributed by atoms with Crippen molar-refractivity contribution < 1.29 is 0 Å². The molecule has 0 unspecified atom stereocenters. The van der Waals surface area contributed by atoms with Gasteiger partial charge >= 0.3 is 0 Å². The molecule has 0 aliphatic carbocycles. The van der Waals surface area contributed by atoms with Gasteiger partial charge in [0.25, 0.3) is 0 Å². The number of halogens is 1. The fraction of sp³-hybridized carbons (Fsp3) is 0.0714. The Bertz CT molecular complexity index is 546. The molecule has 0 spiro atoms. The van der Waals surface area contributed by atoms with Crippen LogP contribution in [0, 0.1) is 11.3 Å². The minimum absolute atomic E-state index is 0.435. The summed E-state index contributed by atoms with van der Waals surface area (Å²) in [5.74, 6) is 0.435. The van der Waals surface area contributed by atoms with E-state index in [0.29, 0.717) is 11.4 Å². The summed E-state index contributed by atoms with van der Waals surface area (Å²) >= 11 is 7.34. The first-order valence-electron chi connectivity index (χ1n) is 5.15. The van der Waals surface area contributed by atoms with Crippen molar-refractivity contribution in [3.63, 3.8) is 0 Å². The number of hydrogen-bond donors (Lipinski definition) is 0. The highest BCUT2D eigenvalue weighted by molar-refractivity contribution is 7.99. The van der Waals surface area contributed by atoms with Crippen LogP contribution in [0.3, 0.4) is 0 Å². The first-order chi connectivity index (χ1) is 8.33. The van der Waals surface area contributed by atoms with Gasteiger partial charge in [-0.3, -0.25) is 0 Å². The Morgan fingerprint density at radius 3 is 2.53 bits per heavy atom. The molecule has 0 aliphatic rings. The molecule has 84 valence electrons. The third kappa shape index (κ3) is 3.03. The molecular weight excluding hydrogens is 250 g/mol. The van der Waals surface area contributed by atoms with Crippen molar-refractivity contribution in [3.8, 4) is 6.07 Å². The smallest absolute Gasteiger partial charge is 0.100 e. The van der Waals surface area contributed by atoms with Crippen molar-refractivity contribution in [2.75, 3.05) is 0 Å². The van der Waals surface area contributed by atoms with Crippen LogP contribution in [0.4, 0.5) is 0 Å². The second-order valence-electron chi connectivity index (χ2n) is 3.49. The van der Waals surface area contributed by atoms with Crippen molar-refractivity contribution in [2.24, 2.45) is 0 Å².